The van der Waals surface area contributed by atoms with E-state index < -0.39 is 5.97 Å². The van der Waals surface area contributed by atoms with E-state index in [4.69, 9.17) is 19.5 Å². The van der Waals surface area contributed by atoms with Crippen molar-refractivity contribution in [1.82, 2.24) is 9.47 Å². The van der Waals surface area contributed by atoms with Crippen LogP contribution in [0.3, 0.4) is 0 Å². The van der Waals surface area contributed by atoms with E-state index in [2.05, 4.69) is 6.07 Å². The van der Waals surface area contributed by atoms with Gasteiger partial charge in [0.1, 0.15) is 17.0 Å². The molecule has 1 saturated heterocycles. The summed E-state index contributed by atoms with van der Waals surface area (Å²) in [6.07, 6.45) is 4.00. The van der Waals surface area contributed by atoms with Crippen molar-refractivity contribution in [1.29, 1.82) is 5.26 Å². The maximum absolute atomic E-state index is 13.2. The molecule has 3 rings (SSSR count). The van der Waals surface area contributed by atoms with Crippen molar-refractivity contribution in [2.24, 2.45) is 0 Å². The van der Waals surface area contributed by atoms with Crippen molar-refractivity contribution in [2.45, 2.75) is 26.3 Å². The molecule has 1 aliphatic rings. The molecule has 0 N–H and O–H groups in total. The van der Waals surface area contributed by atoms with Gasteiger partial charge in [-0.1, -0.05) is 12.1 Å². The molecule has 2 heterocycles. The van der Waals surface area contributed by atoms with Crippen LogP contribution >= 0.6 is 11.3 Å². The SMILES string of the molecule is CCOC(=O)/C=c1/s/c(=C/c2cccc(OCCCC#N)c2)c(=O)n1CC(=O)N1CCOCC1. The Bertz CT molecular complexity index is 1220. The number of amides is 1. The van der Waals surface area contributed by atoms with Gasteiger partial charge in [-0.3, -0.25) is 14.2 Å². The largest absolute Gasteiger partial charge is 0.494 e. The number of carbonyl (C=O) groups is 2. The Morgan fingerprint density at radius 3 is 2.82 bits per heavy atom. The Hall–Kier alpha value is -3.42. The minimum Gasteiger partial charge on any atom is -0.494 e. The van der Waals surface area contributed by atoms with Gasteiger partial charge in [-0.25, -0.2) is 4.79 Å². The molecule has 2 aromatic rings. The van der Waals surface area contributed by atoms with E-state index in [1.165, 1.54) is 10.6 Å². The van der Waals surface area contributed by atoms with Crippen molar-refractivity contribution < 1.29 is 23.8 Å². The summed E-state index contributed by atoms with van der Waals surface area (Å²) in [7, 11) is 0. The number of nitrogens with zero attached hydrogens (tertiary/aromatic N) is 3. The molecule has 1 aromatic heterocycles. The number of rotatable bonds is 9. The Morgan fingerprint density at radius 2 is 2.09 bits per heavy atom. The van der Waals surface area contributed by atoms with Gasteiger partial charge in [0.05, 0.1) is 43.1 Å². The molecule has 0 bridgehead atoms. The fourth-order valence-corrected chi connectivity index (χ4v) is 4.34. The Balaban J connectivity index is 1.93. The predicted molar refractivity (Wildman–Crippen MR) is 127 cm³/mol. The molecule has 1 aromatic carbocycles. The molecule has 180 valence electrons. The molecular formula is C24H27N3O6S. The Labute approximate surface area is 201 Å². The molecule has 34 heavy (non-hydrogen) atoms. The summed E-state index contributed by atoms with van der Waals surface area (Å²) >= 11 is 1.12. The van der Waals surface area contributed by atoms with E-state index in [1.54, 1.807) is 30.0 Å². The zero-order valence-electron chi connectivity index (χ0n) is 19.0. The number of aromatic nitrogens is 1. The summed E-state index contributed by atoms with van der Waals surface area (Å²) in [5, 5.41) is 8.63. The van der Waals surface area contributed by atoms with Crippen LogP contribution in [0.25, 0.3) is 12.2 Å². The summed E-state index contributed by atoms with van der Waals surface area (Å²) in [5.74, 6) is -0.152. The van der Waals surface area contributed by atoms with Gasteiger partial charge in [0.2, 0.25) is 5.91 Å². The number of ether oxygens (including phenoxy) is 3. The first-order valence-corrected chi connectivity index (χ1v) is 11.9. The van der Waals surface area contributed by atoms with E-state index in [0.29, 0.717) is 60.7 Å². The molecule has 0 spiro atoms. The first-order chi connectivity index (χ1) is 16.5. The van der Waals surface area contributed by atoms with Crippen LogP contribution in [0.15, 0.2) is 29.1 Å². The lowest BCUT2D eigenvalue weighted by molar-refractivity contribution is -0.136. The Kier molecular flexibility index (Phi) is 9.43. The van der Waals surface area contributed by atoms with Crippen LogP contribution in [-0.4, -0.2) is 60.9 Å². The Morgan fingerprint density at radius 1 is 1.29 bits per heavy atom. The highest BCUT2D eigenvalue weighted by molar-refractivity contribution is 7.07. The number of morpholine rings is 1. The number of benzene rings is 1. The maximum Gasteiger partial charge on any atom is 0.333 e. The summed E-state index contributed by atoms with van der Waals surface area (Å²) in [6, 6.07) is 9.32. The number of thiazole rings is 1. The van der Waals surface area contributed by atoms with Gasteiger partial charge in [0.15, 0.2) is 0 Å². The summed E-state index contributed by atoms with van der Waals surface area (Å²) in [5.41, 5.74) is 0.382. The third-order valence-corrected chi connectivity index (χ3v) is 6.04. The second-order valence-corrected chi connectivity index (χ2v) is 8.47. The average molecular weight is 486 g/mol. The number of hydrogen-bond acceptors (Lipinski definition) is 8. The predicted octanol–water partition coefficient (Wildman–Crippen LogP) is 0.624. The molecule has 1 amide bonds. The molecular weight excluding hydrogens is 458 g/mol. The molecule has 1 fully saturated rings. The smallest absolute Gasteiger partial charge is 0.333 e. The molecule has 0 unspecified atom stereocenters. The van der Waals surface area contributed by atoms with E-state index in [0.717, 1.165) is 16.9 Å². The van der Waals surface area contributed by atoms with Crippen molar-refractivity contribution in [2.75, 3.05) is 39.5 Å². The minimum absolute atomic E-state index is 0.170. The van der Waals surface area contributed by atoms with Crippen LogP contribution in [0.5, 0.6) is 5.75 Å². The number of hydrogen-bond donors (Lipinski definition) is 0. The highest BCUT2D eigenvalue weighted by Crippen LogP contribution is 2.14. The van der Waals surface area contributed by atoms with E-state index in [-0.39, 0.29) is 24.6 Å². The van der Waals surface area contributed by atoms with Gasteiger partial charge in [-0.05, 0) is 37.1 Å². The second kappa shape index (κ2) is 12.7. The van der Waals surface area contributed by atoms with Gasteiger partial charge in [-0.2, -0.15) is 5.26 Å². The molecule has 1 aliphatic heterocycles. The molecule has 9 nitrogen and oxygen atoms in total. The quantitative estimate of drug-likeness (QED) is 0.378. The standard InChI is InChI=1S/C24H27N3O6S/c1-2-32-23(29)16-22-27(17-21(28)26-9-12-31-13-10-26)24(30)20(34-22)15-18-6-5-7-19(14-18)33-11-4-3-8-25/h5-7,14-16H,2-4,9-13,17H2,1H3/b20-15+,22-16+. The topological polar surface area (TPSA) is 111 Å². The summed E-state index contributed by atoms with van der Waals surface area (Å²) in [6.45, 7) is 4.01. The van der Waals surface area contributed by atoms with Crippen LogP contribution in [0.2, 0.25) is 0 Å². The summed E-state index contributed by atoms with van der Waals surface area (Å²) in [4.78, 5) is 39.7. The zero-order valence-corrected chi connectivity index (χ0v) is 19.8. The monoisotopic (exact) mass is 485 g/mol. The second-order valence-electron chi connectivity index (χ2n) is 7.41. The fraction of sp³-hybridized carbons (Fsp3) is 0.417. The van der Waals surface area contributed by atoms with Gasteiger partial charge >= 0.3 is 5.97 Å². The van der Waals surface area contributed by atoms with Gasteiger partial charge in [0, 0.05) is 19.5 Å². The lowest BCUT2D eigenvalue weighted by atomic mass is 10.2. The number of nitriles is 1. The lowest BCUT2D eigenvalue weighted by Crippen LogP contribution is -2.45. The normalized spacial score (nSPS) is 14.6. The molecule has 10 heteroatoms. The molecule has 0 radical (unpaired) electrons. The first kappa shape index (κ1) is 25.2. The van der Waals surface area contributed by atoms with E-state index in [9.17, 15) is 14.4 Å². The molecule has 0 saturated carbocycles. The van der Waals surface area contributed by atoms with Crippen LogP contribution in [-0.2, 0) is 25.6 Å². The van der Waals surface area contributed by atoms with E-state index >= 15 is 0 Å². The lowest BCUT2D eigenvalue weighted by Gasteiger charge is -2.26. The van der Waals surface area contributed by atoms with Crippen LogP contribution in [0.4, 0.5) is 0 Å². The van der Waals surface area contributed by atoms with E-state index in [1.807, 2.05) is 12.1 Å². The maximum atomic E-state index is 13.2. The van der Waals surface area contributed by atoms with Crippen LogP contribution in [0, 0.1) is 11.3 Å². The van der Waals surface area contributed by atoms with Crippen molar-refractivity contribution in [3.8, 4) is 11.8 Å². The summed E-state index contributed by atoms with van der Waals surface area (Å²) < 4.78 is 18.0. The van der Waals surface area contributed by atoms with Gasteiger partial charge < -0.3 is 19.1 Å². The van der Waals surface area contributed by atoms with Crippen molar-refractivity contribution >= 4 is 35.4 Å². The number of unbranched alkanes of at least 4 members (excludes halogenated alkanes) is 1. The molecule has 0 aliphatic carbocycles. The van der Waals surface area contributed by atoms with Crippen molar-refractivity contribution in [3.63, 3.8) is 0 Å². The van der Waals surface area contributed by atoms with Gasteiger partial charge in [-0.15, -0.1) is 11.3 Å². The van der Waals surface area contributed by atoms with Gasteiger partial charge in [0.25, 0.3) is 5.56 Å². The van der Waals surface area contributed by atoms with Crippen LogP contribution < -0.4 is 19.5 Å². The third kappa shape index (κ3) is 7.04. The average Bonchev–Trinajstić information content (AvgIpc) is 3.11. The third-order valence-electron chi connectivity index (χ3n) is 4.98. The molecule has 0 atom stereocenters. The number of esters is 1. The van der Waals surface area contributed by atoms with Crippen molar-refractivity contribution in [3.05, 3.63) is 49.4 Å². The highest BCUT2D eigenvalue weighted by Gasteiger charge is 2.19. The zero-order chi connectivity index (χ0) is 24.3. The first-order valence-electron chi connectivity index (χ1n) is 11.1. The fourth-order valence-electron chi connectivity index (χ4n) is 3.31. The minimum atomic E-state index is -0.573. The highest BCUT2D eigenvalue weighted by atomic mass is 32.1. The van der Waals surface area contributed by atoms with Crippen LogP contribution in [0.1, 0.15) is 25.3 Å². The number of carbonyl (C=O) groups excluding carboxylic acids is 2.